The first-order valence-corrected chi connectivity index (χ1v) is 8.70. The monoisotopic (exact) mass is 348 g/mol. The van der Waals surface area contributed by atoms with Crippen molar-refractivity contribution >= 4 is 10.0 Å². The topological polar surface area (TPSA) is 61.2 Å². The van der Waals surface area contributed by atoms with Gasteiger partial charge in [0.25, 0.3) is 0 Å². The maximum atomic E-state index is 12.8. The molecule has 0 aliphatic heterocycles. The fourth-order valence-corrected chi connectivity index (χ4v) is 3.04. The molecular weight excluding hydrogens is 329 g/mol. The Morgan fingerprint density at radius 3 is 2.22 bits per heavy atom. The van der Waals surface area contributed by atoms with Gasteiger partial charge in [0.1, 0.15) is 0 Å². The van der Waals surface area contributed by atoms with Crippen molar-refractivity contribution in [3.05, 3.63) is 35.9 Å². The highest BCUT2D eigenvalue weighted by Gasteiger charge is 2.49. The Morgan fingerprint density at radius 2 is 1.65 bits per heavy atom. The molecule has 0 unspecified atom stereocenters. The number of hydrogen-bond donors (Lipinski definition) is 0. The first-order chi connectivity index (χ1) is 10.8. The summed E-state index contributed by atoms with van der Waals surface area (Å²) in [6.45, 7) is -0.496. The Labute approximate surface area is 134 Å². The summed E-state index contributed by atoms with van der Waals surface area (Å²) in [6.07, 6.45) is 2.67. The van der Waals surface area contributed by atoms with Crippen LogP contribution in [-0.4, -0.2) is 24.8 Å². The summed E-state index contributed by atoms with van der Waals surface area (Å²) in [7, 11) is -5.35. The van der Waals surface area contributed by atoms with Gasteiger partial charge < -0.3 is 0 Å². The minimum atomic E-state index is -5.35. The number of benzene rings is 1. The molecule has 1 rings (SSSR count). The van der Waals surface area contributed by atoms with E-state index in [1.807, 2.05) is 6.07 Å². The van der Waals surface area contributed by atoms with Crippen molar-refractivity contribution in [2.45, 2.75) is 44.2 Å². The summed E-state index contributed by atoms with van der Waals surface area (Å²) >= 11 is 0. The molecule has 0 amide bonds. The quantitative estimate of drug-likeness (QED) is 0.638. The van der Waals surface area contributed by atoms with E-state index in [0.717, 1.165) is 0 Å². The number of rotatable bonds is 9. The van der Waals surface area contributed by atoms with Gasteiger partial charge in [0.2, 0.25) is 0 Å². The number of halogens is 3. The van der Waals surface area contributed by atoms with Gasteiger partial charge in [-0.15, -0.1) is 0 Å². The van der Waals surface area contributed by atoms with Crippen LogP contribution in [0, 0.1) is 11.3 Å². The van der Waals surface area contributed by atoms with Gasteiger partial charge in [-0.25, -0.2) is 8.42 Å². The maximum Gasteiger partial charge on any atom is 0.511 e. The van der Waals surface area contributed by atoms with Crippen molar-refractivity contribution in [1.29, 1.82) is 5.26 Å². The largest absolute Gasteiger partial charge is 0.511 e. The van der Waals surface area contributed by atoms with Crippen LogP contribution >= 0.6 is 0 Å². The minimum Gasteiger partial charge on any atom is -0.203 e. The fraction of sp³-hybridized carbons (Fsp3) is 0.533. The average molecular weight is 348 g/mol. The third kappa shape index (κ3) is 6.20. The lowest BCUT2D eigenvalue weighted by molar-refractivity contribution is -0.0491. The van der Waals surface area contributed by atoms with Crippen LogP contribution in [0.1, 0.15) is 37.7 Å². The predicted octanol–water partition coefficient (Wildman–Crippen LogP) is 3.81. The fourth-order valence-electron chi connectivity index (χ4n) is 2.06. The van der Waals surface area contributed by atoms with Crippen molar-refractivity contribution < 1.29 is 21.6 Å². The smallest absolute Gasteiger partial charge is 0.203 e. The summed E-state index contributed by atoms with van der Waals surface area (Å²) in [6, 6.07) is 10.2. The van der Waals surface area contributed by atoms with Crippen molar-refractivity contribution in [1.82, 2.24) is 4.31 Å². The van der Waals surface area contributed by atoms with Crippen LogP contribution in [-0.2, 0) is 16.6 Å². The zero-order valence-electron chi connectivity index (χ0n) is 12.6. The highest BCUT2D eigenvalue weighted by Crippen LogP contribution is 2.28. The van der Waals surface area contributed by atoms with Crippen LogP contribution < -0.4 is 0 Å². The van der Waals surface area contributed by atoms with Crippen LogP contribution in [0.25, 0.3) is 0 Å². The van der Waals surface area contributed by atoms with Crippen LogP contribution in [0.4, 0.5) is 13.2 Å². The lowest BCUT2D eigenvalue weighted by atomic mass is 10.1. The van der Waals surface area contributed by atoms with Gasteiger partial charge in [-0.3, -0.25) is 0 Å². The first-order valence-electron chi connectivity index (χ1n) is 7.26. The number of unbranched alkanes of at least 4 members (excludes halogenated alkanes) is 4. The highest BCUT2D eigenvalue weighted by molar-refractivity contribution is 7.89. The SMILES string of the molecule is N#CCCCCCCN(Cc1ccccc1)S(=O)(=O)C(F)(F)F. The summed E-state index contributed by atoms with van der Waals surface area (Å²) in [5, 5.41) is 8.41. The second-order valence-corrected chi connectivity index (χ2v) is 7.02. The maximum absolute atomic E-state index is 12.8. The summed E-state index contributed by atoms with van der Waals surface area (Å²) < 4.78 is 62.2. The van der Waals surface area contributed by atoms with Crippen molar-refractivity contribution in [3.8, 4) is 6.07 Å². The summed E-state index contributed by atoms with van der Waals surface area (Å²) in [5.41, 5.74) is -4.80. The Hall–Kier alpha value is -1.59. The molecule has 23 heavy (non-hydrogen) atoms. The minimum absolute atomic E-state index is 0.191. The van der Waals surface area contributed by atoms with Crippen molar-refractivity contribution in [2.24, 2.45) is 0 Å². The molecular formula is C15H19F3N2O2S. The number of nitriles is 1. The molecule has 0 heterocycles. The van der Waals surface area contributed by atoms with Gasteiger partial charge in [-0.05, 0) is 18.4 Å². The van der Waals surface area contributed by atoms with Gasteiger partial charge in [0, 0.05) is 19.5 Å². The first kappa shape index (κ1) is 19.5. The van der Waals surface area contributed by atoms with E-state index in [2.05, 4.69) is 0 Å². The van der Waals surface area contributed by atoms with Crippen molar-refractivity contribution in [3.63, 3.8) is 0 Å². The van der Waals surface area contributed by atoms with E-state index in [0.29, 0.717) is 42.0 Å². The van der Waals surface area contributed by atoms with Crippen LogP contribution in [0.3, 0.4) is 0 Å². The van der Waals surface area contributed by atoms with E-state index in [4.69, 9.17) is 5.26 Å². The van der Waals surface area contributed by atoms with Crippen LogP contribution in [0.5, 0.6) is 0 Å². The molecule has 0 aliphatic carbocycles. The Kier molecular flexibility index (Phi) is 7.52. The molecule has 0 N–H and O–H groups in total. The molecule has 0 spiro atoms. The molecule has 0 bridgehead atoms. The molecule has 128 valence electrons. The molecule has 0 atom stereocenters. The van der Waals surface area contributed by atoms with E-state index >= 15 is 0 Å². The molecule has 0 saturated heterocycles. The standard InChI is InChI=1S/C15H19F3N2O2S/c16-15(17,18)23(21,22)20(12-8-3-1-2-7-11-19)13-14-9-5-4-6-10-14/h4-6,9-10H,1-3,7-8,12-13H2. The second-order valence-electron chi connectivity index (χ2n) is 5.09. The lowest BCUT2D eigenvalue weighted by Gasteiger charge is -2.23. The van der Waals surface area contributed by atoms with Crippen LogP contribution in [0.15, 0.2) is 30.3 Å². The normalized spacial score (nSPS) is 12.3. The summed E-state index contributed by atoms with van der Waals surface area (Å²) in [4.78, 5) is 0. The Morgan fingerprint density at radius 1 is 1.04 bits per heavy atom. The van der Waals surface area contributed by atoms with E-state index in [9.17, 15) is 21.6 Å². The molecule has 0 radical (unpaired) electrons. The molecule has 8 heteroatoms. The predicted molar refractivity (Wildman–Crippen MR) is 80.5 cm³/mol. The van der Waals surface area contributed by atoms with Gasteiger partial charge >= 0.3 is 15.5 Å². The van der Waals surface area contributed by atoms with Gasteiger partial charge in [0.15, 0.2) is 0 Å². The molecule has 0 saturated carbocycles. The average Bonchev–Trinajstić information content (AvgIpc) is 2.49. The molecule has 0 aliphatic rings. The van der Waals surface area contributed by atoms with E-state index < -0.39 is 15.5 Å². The van der Waals surface area contributed by atoms with Gasteiger partial charge in [0.05, 0.1) is 6.07 Å². The van der Waals surface area contributed by atoms with Gasteiger partial charge in [-0.1, -0.05) is 43.2 Å². The number of alkyl halides is 3. The second kappa shape index (κ2) is 8.89. The van der Waals surface area contributed by atoms with Crippen LogP contribution in [0.2, 0.25) is 0 Å². The number of sulfonamides is 1. The molecule has 1 aromatic rings. The highest BCUT2D eigenvalue weighted by atomic mass is 32.2. The number of hydrogen-bond acceptors (Lipinski definition) is 3. The third-order valence-electron chi connectivity index (χ3n) is 3.28. The van der Waals surface area contributed by atoms with E-state index in [1.54, 1.807) is 30.3 Å². The zero-order valence-corrected chi connectivity index (χ0v) is 13.4. The molecule has 0 fully saturated rings. The Bertz CT molecular complexity index is 610. The number of nitrogens with zero attached hydrogens (tertiary/aromatic N) is 2. The Balaban J connectivity index is 2.72. The lowest BCUT2D eigenvalue weighted by Crippen LogP contribution is -2.40. The zero-order chi connectivity index (χ0) is 17.3. The van der Waals surface area contributed by atoms with Gasteiger partial charge in [-0.2, -0.15) is 22.7 Å². The molecule has 1 aromatic carbocycles. The van der Waals surface area contributed by atoms with Crippen molar-refractivity contribution in [2.75, 3.05) is 6.54 Å². The summed E-state index contributed by atoms with van der Waals surface area (Å²) in [5.74, 6) is 0. The van der Waals surface area contributed by atoms with E-state index in [-0.39, 0.29) is 13.1 Å². The molecule has 0 aromatic heterocycles. The third-order valence-corrected chi connectivity index (χ3v) is 4.86. The van der Waals surface area contributed by atoms with E-state index in [1.165, 1.54) is 0 Å². The molecule has 4 nitrogen and oxygen atoms in total.